The Bertz CT molecular complexity index is 995. The highest BCUT2D eigenvalue weighted by atomic mass is 32.1. The van der Waals surface area contributed by atoms with Crippen molar-refractivity contribution >= 4 is 22.9 Å². The summed E-state index contributed by atoms with van der Waals surface area (Å²) in [5, 5.41) is 2.69. The number of piperazine rings is 1. The molecular weight excluding hydrogens is 398 g/mol. The zero-order valence-corrected chi connectivity index (χ0v) is 18.0. The molecule has 0 spiro atoms. The van der Waals surface area contributed by atoms with Crippen molar-refractivity contribution in [1.82, 2.24) is 9.88 Å². The Kier molecular flexibility index (Phi) is 6.18. The van der Waals surface area contributed by atoms with Gasteiger partial charge in [-0.25, -0.2) is 4.98 Å². The lowest BCUT2D eigenvalue weighted by atomic mass is 10.2. The van der Waals surface area contributed by atoms with E-state index in [4.69, 9.17) is 9.47 Å². The van der Waals surface area contributed by atoms with E-state index in [1.807, 2.05) is 59.7 Å². The number of rotatable bonds is 6. The Hall–Kier alpha value is -3.06. The zero-order chi connectivity index (χ0) is 20.9. The van der Waals surface area contributed by atoms with Gasteiger partial charge in [0.2, 0.25) is 0 Å². The maximum atomic E-state index is 13.0. The van der Waals surface area contributed by atoms with Crippen LogP contribution in [0.3, 0.4) is 0 Å². The minimum atomic E-state index is -0.0110. The Morgan fingerprint density at radius 1 is 1.07 bits per heavy atom. The molecule has 7 heteroatoms. The molecule has 2 aromatic carbocycles. The van der Waals surface area contributed by atoms with E-state index < -0.39 is 0 Å². The van der Waals surface area contributed by atoms with Crippen molar-refractivity contribution in [3.63, 3.8) is 0 Å². The third-order valence-corrected chi connectivity index (χ3v) is 6.02. The Labute approximate surface area is 180 Å². The van der Waals surface area contributed by atoms with Gasteiger partial charge < -0.3 is 19.3 Å². The van der Waals surface area contributed by atoms with Crippen molar-refractivity contribution in [2.75, 3.05) is 44.8 Å². The minimum absolute atomic E-state index is 0.0110. The summed E-state index contributed by atoms with van der Waals surface area (Å²) < 4.78 is 11.0. The molecule has 1 aliphatic rings. The van der Waals surface area contributed by atoms with Crippen LogP contribution in [-0.2, 0) is 0 Å². The van der Waals surface area contributed by atoms with E-state index in [9.17, 15) is 4.79 Å². The third-order valence-electron chi connectivity index (χ3n) is 5.13. The summed E-state index contributed by atoms with van der Waals surface area (Å²) in [5.41, 5.74) is 2.57. The van der Waals surface area contributed by atoms with Gasteiger partial charge in [0.15, 0.2) is 0 Å². The van der Waals surface area contributed by atoms with Crippen LogP contribution < -0.4 is 14.4 Å². The first-order chi connectivity index (χ1) is 14.7. The van der Waals surface area contributed by atoms with Gasteiger partial charge in [-0.3, -0.25) is 4.79 Å². The first kappa shape index (κ1) is 20.2. The Morgan fingerprint density at radius 3 is 2.50 bits per heavy atom. The van der Waals surface area contributed by atoms with Gasteiger partial charge in [0.25, 0.3) is 5.91 Å². The maximum Gasteiger partial charge on any atom is 0.273 e. The summed E-state index contributed by atoms with van der Waals surface area (Å²) >= 11 is 1.49. The number of carbonyl (C=O) groups excluding carboxylic acids is 1. The second kappa shape index (κ2) is 9.17. The molecule has 1 fully saturated rings. The molecule has 4 rings (SSSR count). The molecule has 156 valence electrons. The van der Waals surface area contributed by atoms with Crippen LogP contribution in [0.5, 0.6) is 11.5 Å². The standard InChI is InChI=1S/C23H25N3O3S/c1-3-29-18-10-8-17(9-11-18)22-24-19(16-30-22)23(27)26-14-12-25(13-15-26)20-6-4-5-7-21(20)28-2/h4-11,16H,3,12-15H2,1-2H3. The molecule has 0 saturated carbocycles. The van der Waals surface area contributed by atoms with Gasteiger partial charge >= 0.3 is 0 Å². The zero-order valence-electron chi connectivity index (χ0n) is 17.2. The van der Waals surface area contributed by atoms with Crippen molar-refractivity contribution in [2.45, 2.75) is 6.92 Å². The number of carbonyl (C=O) groups is 1. The van der Waals surface area contributed by atoms with E-state index in [1.54, 1.807) is 7.11 Å². The lowest BCUT2D eigenvalue weighted by Gasteiger charge is -2.36. The van der Waals surface area contributed by atoms with Crippen molar-refractivity contribution < 1.29 is 14.3 Å². The molecule has 0 aliphatic carbocycles. The van der Waals surface area contributed by atoms with Crippen LogP contribution in [0, 0.1) is 0 Å². The van der Waals surface area contributed by atoms with Crippen LogP contribution in [0.1, 0.15) is 17.4 Å². The number of aromatic nitrogens is 1. The summed E-state index contributed by atoms with van der Waals surface area (Å²) in [4.78, 5) is 21.7. The fourth-order valence-electron chi connectivity index (χ4n) is 3.57. The quantitative estimate of drug-likeness (QED) is 0.595. The molecular formula is C23H25N3O3S. The molecule has 0 radical (unpaired) electrons. The van der Waals surface area contributed by atoms with Crippen molar-refractivity contribution in [2.24, 2.45) is 0 Å². The first-order valence-corrected chi connectivity index (χ1v) is 10.9. The number of ether oxygens (including phenoxy) is 2. The monoisotopic (exact) mass is 423 g/mol. The lowest BCUT2D eigenvalue weighted by Crippen LogP contribution is -2.49. The highest BCUT2D eigenvalue weighted by Gasteiger charge is 2.25. The van der Waals surface area contributed by atoms with E-state index in [0.29, 0.717) is 25.4 Å². The predicted molar refractivity (Wildman–Crippen MR) is 120 cm³/mol. The third kappa shape index (κ3) is 4.26. The average molecular weight is 424 g/mol. The van der Waals surface area contributed by atoms with Gasteiger partial charge in [0, 0.05) is 37.1 Å². The molecule has 6 nitrogen and oxygen atoms in total. The molecule has 1 aromatic heterocycles. The van der Waals surface area contributed by atoms with Gasteiger partial charge in [0.1, 0.15) is 22.2 Å². The summed E-state index contributed by atoms with van der Waals surface area (Å²) in [6, 6.07) is 15.8. The molecule has 30 heavy (non-hydrogen) atoms. The molecule has 1 amide bonds. The number of anilines is 1. The normalized spacial score (nSPS) is 13.9. The lowest BCUT2D eigenvalue weighted by molar-refractivity contribution is 0.0741. The van der Waals surface area contributed by atoms with E-state index in [1.165, 1.54) is 11.3 Å². The second-order valence-corrected chi connectivity index (χ2v) is 7.80. The van der Waals surface area contributed by atoms with Crippen LogP contribution >= 0.6 is 11.3 Å². The highest BCUT2D eigenvalue weighted by molar-refractivity contribution is 7.13. The maximum absolute atomic E-state index is 13.0. The molecule has 2 heterocycles. The van der Waals surface area contributed by atoms with E-state index >= 15 is 0 Å². The van der Waals surface area contributed by atoms with Crippen LogP contribution in [0.15, 0.2) is 53.9 Å². The molecule has 0 atom stereocenters. The fraction of sp³-hybridized carbons (Fsp3) is 0.304. The van der Waals surface area contributed by atoms with Gasteiger partial charge in [-0.15, -0.1) is 11.3 Å². The number of hydrogen-bond donors (Lipinski definition) is 0. The number of para-hydroxylation sites is 2. The molecule has 3 aromatic rings. The predicted octanol–water partition coefficient (Wildman–Crippen LogP) is 4.18. The summed E-state index contributed by atoms with van der Waals surface area (Å²) in [6.45, 7) is 5.45. The van der Waals surface area contributed by atoms with Crippen molar-refractivity contribution in [3.05, 3.63) is 59.6 Å². The molecule has 0 bridgehead atoms. The fourth-order valence-corrected chi connectivity index (χ4v) is 4.37. The molecule has 1 saturated heterocycles. The number of thiazole rings is 1. The Balaban J connectivity index is 1.40. The number of benzene rings is 2. The topological polar surface area (TPSA) is 54.9 Å². The number of amides is 1. The SMILES string of the molecule is CCOc1ccc(-c2nc(C(=O)N3CCN(c4ccccc4OC)CC3)cs2)cc1. The highest BCUT2D eigenvalue weighted by Crippen LogP contribution is 2.29. The van der Waals surface area contributed by atoms with Gasteiger partial charge in [0.05, 0.1) is 19.4 Å². The van der Waals surface area contributed by atoms with E-state index in [-0.39, 0.29) is 5.91 Å². The summed E-state index contributed by atoms with van der Waals surface area (Å²) in [6.07, 6.45) is 0. The van der Waals surface area contributed by atoms with Crippen LogP contribution in [-0.4, -0.2) is 55.7 Å². The molecule has 1 aliphatic heterocycles. The van der Waals surface area contributed by atoms with Crippen molar-refractivity contribution in [1.29, 1.82) is 0 Å². The Morgan fingerprint density at radius 2 is 1.80 bits per heavy atom. The molecule has 0 N–H and O–H groups in total. The second-order valence-electron chi connectivity index (χ2n) is 6.95. The number of methoxy groups -OCH3 is 1. The average Bonchev–Trinajstić information content (AvgIpc) is 3.30. The van der Waals surface area contributed by atoms with E-state index in [0.717, 1.165) is 40.8 Å². The van der Waals surface area contributed by atoms with Gasteiger partial charge in [-0.05, 0) is 43.3 Å². The van der Waals surface area contributed by atoms with Gasteiger partial charge in [-0.1, -0.05) is 12.1 Å². The van der Waals surface area contributed by atoms with Crippen molar-refractivity contribution in [3.8, 4) is 22.1 Å². The largest absolute Gasteiger partial charge is 0.495 e. The first-order valence-electron chi connectivity index (χ1n) is 10.1. The smallest absolute Gasteiger partial charge is 0.273 e. The number of hydrogen-bond acceptors (Lipinski definition) is 6. The molecule has 0 unspecified atom stereocenters. The summed E-state index contributed by atoms with van der Waals surface area (Å²) in [7, 11) is 1.68. The summed E-state index contributed by atoms with van der Waals surface area (Å²) in [5.74, 6) is 1.68. The van der Waals surface area contributed by atoms with Crippen LogP contribution in [0.4, 0.5) is 5.69 Å². The minimum Gasteiger partial charge on any atom is -0.495 e. The van der Waals surface area contributed by atoms with Crippen LogP contribution in [0.25, 0.3) is 10.6 Å². The number of nitrogens with zero attached hydrogens (tertiary/aromatic N) is 3. The van der Waals surface area contributed by atoms with Gasteiger partial charge in [-0.2, -0.15) is 0 Å². The van der Waals surface area contributed by atoms with E-state index in [2.05, 4.69) is 16.0 Å². The van der Waals surface area contributed by atoms with Crippen LogP contribution in [0.2, 0.25) is 0 Å².